The minimum absolute atomic E-state index is 0.193. The maximum Gasteiger partial charge on any atom is 0.238 e. The quantitative estimate of drug-likeness (QED) is 0.380. The van der Waals surface area contributed by atoms with Gasteiger partial charge >= 0.3 is 0 Å². The van der Waals surface area contributed by atoms with E-state index in [1.54, 1.807) is 35.7 Å². The molecule has 2 heterocycles. The Morgan fingerprint density at radius 1 is 1.03 bits per heavy atom. The number of fused-ring (bicyclic) bond motifs is 1. The number of benzene rings is 2. The Morgan fingerprint density at radius 2 is 1.81 bits per heavy atom. The number of nitrogens with zero attached hydrogens (tertiary/aromatic N) is 1. The number of rotatable bonds is 7. The van der Waals surface area contributed by atoms with E-state index in [9.17, 15) is 13.2 Å². The molecule has 0 radical (unpaired) electrons. The molecule has 0 unspecified atom stereocenters. The van der Waals surface area contributed by atoms with Crippen molar-refractivity contribution >= 4 is 38.5 Å². The van der Waals surface area contributed by atoms with Crippen molar-refractivity contribution in [3.63, 3.8) is 0 Å². The largest absolute Gasteiger partial charge is 0.298 e. The molecule has 0 saturated heterocycles. The first-order valence-electron chi connectivity index (χ1n) is 10.0. The monoisotopic (exact) mass is 450 g/mol. The molecule has 31 heavy (non-hydrogen) atoms. The van der Waals surface area contributed by atoms with E-state index in [-0.39, 0.29) is 4.90 Å². The number of aromatic nitrogens is 1. The highest BCUT2D eigenvalue weighted by atomic mass is 32.2. The van der Waals surface area contributed by atoms with E-state index >= 15 is 0 Å². The Bertz CT molecular complexity index is 1370. The van der Waals surface area contributed by atoms with E-state index in [1.807, 2.05) is 36.4 Å². The van der Waals surface area contributed by atoms with Crippen LogP contribution in [0.1, 0.15) is 35.7 Å². The van der Waals surface area contributed by atoms with Crippen LogP contribution in [0.3, 0.4) is 0 Å². The minimum Gasteiger partial charge on any atom is -0.298 e. The van der Waals surface area contributed by atoms with Crippen LogP contribution < -0.4 is 5.14 Å². The van der Waals surface area contributed by atoms with Crippen molar-refractivity contribution in [2.75, 3.05) is 0 Å². The Balaban J connectivity index is 1.85. The first-order chi connectivity index (χ1) is 14.9. The van der Waals surface area contributed by atoms with E-state index in [1.165, 1.54) is 0 Å². The number of thiophene rings is 1. The van der Waals surface area contributed by atoms with Crippen molar-refractivity contribution in [2.24, 2.45) is 5.14 Å². The molecule has 0 atom stereocenters. The summed E-state index contributed by atoms with van der Waals surface area (Å²) in [5, 5.41) is 6.41. The molecule has 0 aliphatic carbocycles. The van der Waals surface area contributed by atoms with Crippen molar-refractivity contribution < 1.29 is 13.2 Å². The summed E-state index contributed by atoms with van der Waals surface area (Å²) >= 11 is 1.58. The van der Waals surface area contributed by atoms with Gasteiger partial charge in [-0.2, -0.15) is 0 Å². The van der Waals surface area contributed by atoms with Crippen molar-refractivity contribution in [3.8, 4) is 20.9 Å². The second-order valence-electron chi connectivity index (χ2n) is 7.35. The van der Waals surface area contributed by atoms with Gasteiger partial charge in [-0.05, 0) is 66.4 Å². The smallest absolute Gasteiger partial charge is 0.238 e. The van der Waals surface area contributed by atoms with Crippen LogP contribution in [-0.4, -0.2) is 19.7 Å². The second-order valence-corrected chi connectivity index (χ2v) is 9.96. The third kappa shape index (κ3) is 4.30. The standard InChI is InChI=1S/C24H22N2O3S2/c1-2-3-5-19-17(6-4-7-24(19)31(25,28)29)22-10-11-23(30-22)18-12-13-26-21-9-8-16(15-27)14-20(18)21/h4,6-15H,2-3,5H2,1H3,(H2,25,28,29). The van der Waals surface area contributed by atoms with Crippen LogP contribution in [0, 0.1) is 0 Å². The number of aldehydes is 1. The van der Waals surface area contributed by atoms with Gasteiger partial charge in [0, 0.05) is 32.5 Å². The van der Waals surface area contributed by atoms with Crippen LogP contribution in [0.15, 0.2) is 65.7 Å². The molecule has 7 heteroatoms. The van der Waals surface area contributed by atoms with Crippen molar-refractivity contribution in [1.29, 1.82) is 0 Å². The lowest BCUT2D eigenvalue weighted by Gasteiger charge is -2.12. The molecule has 0 fully saturated rings. The van der Waals surface area contributed by atoms with E-state index in [0.29, 0.717) is 12.0 Å². The van der Waals surface area contributed by atoms with Crippen LogP contribution in [0.4, 0.5) is 0 Å². The number of pyridine rings is 1. The fourth-order valence-corrected chi connectivity index (χ4v) is 5.68. The second kappa shape index (κ2) is 8.70. The molecule has 0 aliphatic rings. The van der Waals surface area contributed by atoms with Crippen molar-refractivity contribution in [3.05, 3.63) is 71.9 Å². The predicted molar refractivity (Wildman–Crippen MR) is 126 cm³/mol. The van der Waals surface area contributed by atoms with Gasteiger partial charge in [-0.3, -0.25) is 9.78 Å². The molecular weight excluding hydrogens is 428 g/mol. The minimum atomic E-state index is -3.81. The molecular formula is C24H22N2O3S2. The van der Waals surface area contributed by atoms with Crippen LogP contribution >= 0.6 is 11.3 Å². The molecule has 5 nitrogen and oxygen atoms in total. The molecule has 2 aromatic heterocycles. The molecule has 0 aliphatic heterocycles. The maximum atomic E-state index is 12.2. The number of hydrogen-bond donors (Lipinski definition) is 1. The highest BCUT2D eigenvalue weighted by Gasteiger charge is 2.19. The van der Waals surface area contributed by atoms with Gasteiger partial charge in [0.05, 0.1) is 10.4 Å². The molecule has 2 N–H and O–H groups in total. The normalized spacial score (nSPS) is 11.7. The molecule has 0 bridgehead atoms. The molecule has 0 spiro atoms. The topological polar surface area (TPSA) is 90.1 Å². The summed E-state index contributed by atoms with van der Waals surface area (Å²) in [6.07, 6.45) is 5.06. The first-order valence-corrected chi connectivity index (χ1v) is 12.4. The van der Waals surface area contributed by atoms with E-state index in [4.69, 9.17) is 5.14 Å². The summed E-state index contributed by atoms with van der Waals surface area (Å²) in [6.45, 7) is 2.07. The molecule has 4 aromatic rings. The number of carbonyl (C=O) groups is 1. The zero-order valence-electron chi connectivity index (χ0n) is 17.0. The maximum absolute atomic E-state index is 12.2. The molecule has 0 saturated carbocycles. The fourth-order valence-electron chi connectivity index (χ4n) is 3.75. The number of primary sulfonamides is 1. The van der Waals surface area contributed by atoms with E-state index < -0.39 is 10.0 Å². The first kappa shape index (κ1) is 21.4. The summed E-state index contributed by atoms with van der Waals surface area (Å²) in [5.74, 6) is 0. The third-order valence-corrected chi connectivity index (χ3v) is 7.41. The van der Waals surface area contributed by atoms with Crippen molar-refractivity contribution in [1.82, 2.24) is 4.98 Å². The van der Waals surface area contributed by atoms with Crippen LogP contribution in [0.25, 0.3) is 31.8 Å². The molecule has 0 amide bonds. The van der Waals surface area contributed by atoms with Gasteiger partial charge in [0.15, 0.2) is 0 Å². The number of unbranched alkanes of at least 4 members (excludes halogenated alkanes) is 1. The number of nitrogens with two attached hydrogens (primary N) is 1. The molecule has 2 aromatic carbocycles. The van der Waals surface area contributed by atoms with Gasteiger partial charge in [-0.25, -0.2) is 13.6 Å². The average molecular weight is 451 g/mol. The van der Waals surface area contributed by atoms with Gasteiger partial charge < -0.3 is 0 Å². The highest BCUT2D eigenvalue weighted by molar-refractivity contribution is 7.89. The average Bonchev–Trinajstić information content (AvgIpc) is 3.25. The summed E-state index contributed by atoms with van der Waals surface area (Å²) < 4.78 is 24.4. The zero-order valence-corrected chi connectivity index (χ0v) is 18.7. The Hall–Kier alpha value is -2.87. The fraction of sp³-hybridized carbons (Fsp3) is 0.167. The summed E-state index contributed by atoms with van der Waals surface area (Å²) in [5.41, 5.74) is 4.06. The van der Waals surface area contributed by atoms with E-state index in [0.717, 1.165) is 56.5 Å². The third-order valence-electron chi connectivity index (χ3n) is 5.26. The molecule has 158 valence electrons. The van der Waals surface area contributed by atoms with Crippen LogP contribution in [0.2, 0.25) is 0 Å². The summed E-state index contributed by atoms with van der Waals surface area (Å²) in [6, 6.07) is 16.7. The molecule has 4 rings (SSSR count). The van der Waals surface area contributed by atoms with Crippen LogP contribution in [-0.2, 0) is 16.4 Å². The zero-order chi connectivity index (χ0) is 22.0. The number of sulfonamides is 1. The Labute approximate surface area is 185 Å². The van der Waals surface area contributed by atoms with Gasteiger partial charge in [0.2, 0.25) is 10.0 Å². The Kier molecular flexibility index (Phi) is 6.00. The lowest BCUT2D eigenvalue weighted by atomic mass is 10.0. The predicted octanol–water partition coefficient (Wildman–Crippen LogP) is 5.43. The van der Waals surface area contributed by atoms with E-state index in [2.05, 4.69) is 11.9 Å². The SMILES string of the molecule is CCCCc1c(-c2ccc(-c3ccnc4ccc(C=O)cc34)s2)cccc1S(N)(=O)=O. The lowest BCUT2D eigenvalue weighted by Crippen LogP contribution is -2.15. The van der Waals surface area contributed by atoms with Crippen molar-refractivity contribution in [2.45, 2.75) is 31.1 Å². The van der Waals surface area contributed by atoms with Gasteiger partial charge in [-0.15, -0.1) is 11.3 Å². The van der Waals surface area contributed by atoms with Gasteiger partial charge in [0.1, 0.15) is 6.29 Å². The van der Waals surface area contributed by atoms with Gasteiger partial charge in [0.25, 0.3) is 0 Å². The number of hydrogen-bond acceptors (Lipinski definition) is 5. The summed E-state index contributed by atoms with van der Waals surface area (Å²) in [7, 11) is -3.81. The highest BCUT2D eigenvalue weighted by Crippen LogP contribution is 2.40. The summed E-state index contributed by atoms with van der Waals surface area (Å²) in [4.78, 5) is 17.8. The van der Waals surface area contributed by atoms with Crippen LogP contribution in [0.5, 0.6) is 0 Å². The Morgan fingerprint density at radius 3 is 2.52 bits per heavy atom. The number of carbonyl (C=O) groups excluding carboxylic acids is 1. The lowest BCUT2D eigenvalue weighted by molar-refractivity contribution is 0.112. The van der Waals surface area contributed by atoms with Gasteiger partial charge in [-0.1, -0.05) is 25.5 Å².